The van der Waals surface area contributed by atoms with Crippen molar-refractivity contribution in [2.45, 2.75) is 31.7 Å². The molecule has 3 aromatic heterocycles. The second kappa shape index (κ2) is 12.0. The number of rotatable bonds is 7. The Bertz CT molecular complexity index is 1210. The van der Waals surface area contributed by atoms with Crippen LogP contribution in [0.5, 0.6) is 0 Å². The molecule has 1 aliphatic carbocycles. The highest BCUT2D eigenvalue weighted by molar-refractivity contribution is 5.93. The molecule has 198 valence electrons. The fourth-order valence-corrected chi connectivity index (χ4v) is 4.91. The maximum atomic E-state index is 11.8. The van der Waals surface area contributed by atoms with Crippen molar-refractivity contribution in [1.29, 1.82) is 0 Å². The zero-order valence-electron chi connectivity index (χ0n) is 21.4. The van der Waals surface area contributed by atoms with E-state index < -0.39 is 5.97 Å². The quantitative estimate of drug-likeness (QED) is 0.371. The average Bonchev–Trinajstić information content (AvgIpc) is 3.53. The molecular weight excluding hydrogens is 474 g/mol. The predicted molar refractivity (Wildman–Crippen MR) is 142 cm³/mol. The van der Waals surface area contributed by atoms with Crippen LogP contribution in [-0.4, -0.2) is 88.2 Å². The number of carbonyl (C=O) groups is 2. The van der Waals surface area contributed by atoms with Gasteiger partial charge in [-0.1, -0.05) is 12.8 Å². The molecule has 0 atom stereocenters. The minimum Gasteiger partial charge on any atom is -0.477 e. The number of nitrogens with zero attached hydrogens (tertiary/aromatic N) is 6. The van der Waals surface area contributed by atoms with Crippen LogP contribution in [0.15, 0.2) is 30.6 Å². The molecule has 1 saturated carbocycles. The zero-order valence-corrected chi connectivity index (χ0v) is 21.4. The zero-order chi connectivity index (χ0) is 26.4. The molecule has 0 bridgehead atoms. The summed E-state index contributed by atoms with van der Waals surface area (Å²) in [5, 5.41) is 16.3. The third-order valence-corrected chi connectivity index (χ3v) is 6.59. The van der Waals surface area contributed by atoms with Crippen LogP contribution in [0.4, 0.5) is 17.5 Å². The van der Waals surface area contributed by atoms with E-state index in [4.69, 9.17) is 5.73 Å². The summed E-state index contributed by atoms with van der Waals surface area (Å²) in [7, 11) is 3.75. The number of aromatic nitrogens is 4. The van der Waals surface area contributed by atoms with Crippen molar-refractivity contribution in [1.82, 2.24) is 29.7 Å². The Morgan fingerprint density at radius 1 is 1.08 bits per heavy atom. The van der Waals surface area contributed by atoms with E-state index in [0.29, 0.717) is 22.8 Å². The number of anilines is 3. The molecule has 0 radical (unpaired) electrons. The summed E-state index contributed by atoms with van der Waals surface area (Å²) >= 11 is 0. The van der Waals surface area contributed by atoms with Crippen molar-refractivity contribution >= 4 is 40.4 Å². The number of amides is 1. The molecule has 2 fully saturated rings. The molecule has 0 aromatic carbocycles. The van der Waals surface area contributed by atoms with E-state index in [1.165, 1.54) is 0 Å². The summed E-state index contributed by atoms with van der Waals surface area (Å²) < 4.78 is 1.85. The van der Waals surface area contributed by atoms with E-state index >= 15 is 0 Å². The lowest BCUT2D eigenvalue weighted by Crippen LogP contribution is -2.48. The monoisotopic (exact) mass is 509 g/mol. The maximum Gasteiger partial charge on any atom is 0.352 e. The number of carboxylic acids is 1. The normalized spacial score (nSPS) is 16.4. The van der Waals surface area contributed by atoms with Crippen molar-refractivity contribution in [2.24, 2.45) is 5.73 Å². The molecule has 12 heteroatoms. The number of fused-ring (bicyclic) bond motifs is 1. The largest absolute Gasteiger partial charge is 0.477 e. The van der Waals surface area contributed by atoms with Crippen molar-refractivity contribution < 1.29 is 14.7 Å². The lowest BCUT2D eigenvalue weighted by molar-refractivity contribution is -0.119. The van der Waals surface area contributed by atoms with Crippen LogP contribution < -0.4 is 21.3 Å². The molecule has 3 aromatic rings. The van der Waals surface area contributed by atoms with Crippen LogP contribution in [0.3, 0.4) is 0 Å². The first-order valence-electron chi connectivity index (χ1n) is 12.6. The number of hydrogen-bond donors (Lipinski definition) is 4. The molecular formula is C25H35N9O3. The number of carbonyl (C=O) groups excluding carboxylic acids is 1. The van der Waals surface area contributed by atoms with Crippen LogP contribution in [0.25, 0.3) is 11.0 Å². The van der Waals surface area contributed by atoms with E-state index in [9.17, 15) is 14.7 Å². The van der Waals surface area contributed by atoms with Crippen LogP contribution in [0.1, 0.15) is 42.2 Å². The number of carboxylic acid groups (broad SMARTS) is 1. The molecule has 1 amide bonds. The van der Waals surface area contributed by atoms with Gasteiger partial charge in [-0.2, -0.15) is 4.98 Å². The number of piperazine rings is 1. The Morgan fingerprint density at radius 3 is 2.38 bits per heavy atom. The number of nitrogens with two attached hydrogens (primary N) is 1. The van der Waals surface area contributed by atoms with Crippen LogP contribution >= 0.6 is 0 Å². The molecule has 5 rings (SSSR count). The second-order valence-electron chi connectivity index (χ2n) is 9.37. The molecule has 37 heavy (non-hydrogen) atoms. The minimum atomic E-state index is -0.952. The first-order valence-corrected chi connectivity index (χ1v) is 12.6. The summed E-state index contributed by atoms with van der Waals surface area (Å²) in [6.07, 6.45) is 7.55. The van der Waals surface area contributed by atoms with Gasteiger partial charge in [0.25, 0.3) is 0 Å². The number of primary amides is 1. The molecule has 2 aliphatic rings. The van der Waals surface area contributed by atoms with E-state index in [-0.39, 0.29) is 24.2 Å². The fraction of sp³-hybridized carbons (Fsp3) is 0.480. The highest BCUT2D eigenvalue weighted by Crippen LogP contribution is 2.34. The molecule has 1 saturated heterocycles. The minimum absolute atomic E-state index is 0.146. The van der Waals surface area contributed by atoms with Gasteiger partial charge < -0.3 is 30.9 Å². The van der Waals surface area contributed by atoms with Gasteiger partial charge in [0.1, 0.15) is 17.2 Å². The van der Waals surface area contributed by atoms with Crippen molar-refractivity contribution in [2.75, 3.05) is 57.0 Å². The van der Waals surface area contributed by atoms with E-state index in [1.807, 2.05) is 35.7 Å². The van der Waals surface area contributed by atoms with Gasteiger partial charge in [0, 0.05) is 43.8 Å². The summed E-state index contributed by atoms with van der Waals surface area (Å²) in [6, 6.07) is 5.65. The first kappa shape index (κ1) is 26.3. The number of hydrogen-bond acceptors (Lipinski definition) is 9. The third-order valence-electron chi connectivity index (χ3n) is 6.59. The topological polar surface area (TPSA) is 155 Å². The molecule has 4 heterocycles. The van der Waals surface area contributed by atoms with Crippen molar-refractivity contribution in [3.8, 4) is 0 Å². The van der Waals surface area contributed by atoms with Gasteiger partial charge in [-0.25, -0.2) is 14.8 Å². The Kier molecular flexibility index (Phi) is 8.51. The van der Waals surface area contributed by atoms with Gasteiger partial charge in [0.2, 0.25) is 11.9 Å². The Hall–Kier alpha value is -3.77. The number of aromatic carboxylic acids is 1. The predicted octanol–water partition coefficient (Wildman–Crippen LogP) is 1.83. The Morgan fingerprint density at radius 2 is 1.78 bits per heavy atom. The maximum absolute atomic E-state index is 11.8. The Balaban J connectivity index is 0.00000102. The SMILES string of the molecule is CNC.NC(=O)CN1CCN(c2ccc(Nc3ncc4cc(C(=O)O)n(C5CCCC5)c4n3)nc2)CC1. The molecule has 0 spiro atoms. The van der Waals surface area contributed by atoms with E-state index in [2.05, 4.69) is 30.5 Å². The first-order chi connectivity index (χ1) is 17.9. The second-order valence-corrected chi connectivity index (χ2v) is 9.37. The number of nitrogens with one attached hydrogen (secondary N) is 2. The van der Waals surface area contributed by atoms with Gasteiger partial charge in [-0.3, -0.25) is 9.69 Å². The van der Waals surface area contributed by atoms with E-state index in [0.717, 1.165) is 57.5 Å². The lowest BCUT2D eigenvalue weighted by Gasteiger charge is -2.35. The van der Waals surface area contributed by atoms with Crippen molar-refractivity contribution in [3.63, 3.8) is 0 Å². The molecule has 12 nitrogen and oxygen atoms in total. The summed E-state index contributed by atoms with van der Waals surface area (Å²) in [4.78, 5) is 40.7. The third kappa shape index (κ3) is 6.33. The standard InChI is InChI=1S/C23H28N8O3.C2H7N/c24-19(32)14-29-7-9-30(10-8-29)17-5-6-20(25-13-17)27-23-26-12-15-11-18(22(33)34)31(21(15)28-23)16-3-1-2-4-16;1-3-2/h5-6,11-13,16H,1-4,7-10,14H2,(H2,24,32)(H,33,34)(H,25,26,27,28);3H,1-2H3. The fourth-order valence-electron chi connectivity index (χ4n) is 4.91. The van der Waals surface area contributed by atoms with Crippen LogP contribution in [0.2, 0.25) is 0 Å². The van der Waals surface area contributed by atoms with Crippen LogP contribution in [0, 0.1) is 0 Å². The summed E-state index contributed by atoms with van der Waals surface area (Å²) in [5.74, 6) is -0.275. The summed E-state index contributed by atoms with van der Waals surface area (Å²) in [6.45, 7) is 3.43. The smallest absolute Gasteiger partial charge is 0.352 e. The average molecular weight is 510 g/mol. The highest BCUT2D eigenvalue weighted by Gasteiger charge is 2.25. The van der Waals surface area contributed by atoms with Gasteiger partial charge in [-0.15, -0.1) is 0 Å². The van der Waals surface area contributed by atoms with Crippen molar-refractivity contribution in [3.05, 3.63) is 36.3 Å². The lowest BCUT2D eigenvalue weighted by atomic mass is 10.2. The molecule has 1 aliphatic heterocycles. The van der Waals surface area contributed by atoms with Gasteiger partial charge in [0.15, 0.2) is 0 Å². The van der Waals surface area contributed by atoms with Gasteiger partial charge >= 0.3 is 5.97 Å². The van der Waals surface area contributed by atoms with Crippen LogP contribution in [-0.2, 0) is 4.79 Å². The van der Waals surface area contributed by atoms with E-state index in [1.54, 1.807) is 18.5 Å². The highest BCUT2D eigenvalue weighted by atomic mass is 16.4. The summed E-state index contributed by atoms with van der Waals surface area (Å²) in [5.41, 5.74) is 7.17. The molecule has 0 unspecified atom stereocenters. The van der Waals surface area contributed by atoms with Gasteiger partial charge in [0.05, 0.1) is 18.4 Å². The molecule has 5 N–H and O–H groups in total. The Labute approximate surface area is 215 Å². The van der Waals surface area contributed by atoms with Gasteiger partial charge in [-0.05, 0) is 45.1 Å². The number of pyridine rings is 1.